The molecule has 6 heteroatoms. The van der Waals surface area contributed by atoms with Gasteiger partial charge in [0.2, 0.25) is 0 Å². The minimum Gasteiger partial charge on any atom is -0.383 e. The van der Waals surface area contributed by atoms with Gasteiger partial charge < -0.3 is 9.50 Å². The van der Waals surface area contributed by atoms with Gasteiger partial charge in [0.15, 0.2) is 0 Å². The highest BCUT2D eigenvalue weighted by Crippen LogP contribution is 2.17. The summed E-state index contributed by atoms with van der Waals surface area (Å²) in [5, 5.41) is 2.70. The molecule has 20 heavy (non-hydrogen) atoms. The van der Waals surface area contributed by atoms with Crippen LogP contribution >= 0.6 is 0 Å². The minimum atomic E-state index is -3.54. The fourth-order valence-corrected chi connectivity index (χ4v) is 2.02. The number of hydrogen-bond donors (Lipinski definition) is 1. The topological polar surface area (TPSA) is 72.5 Å². The highest BCUT2D eigenvalue weighted by molar-refractivity contribution is 7.86. The van der Waals surface area contributed by atoms with Crippen molar-refractivity contribution in [3.05, 3.63) is 60.2 Å². The lowest BCUT2D eigenvalue weighted by Crippen LogP contribution is -2.11. The second-order valence-corrected chi connectivity index (χ2v) is 5.71. The second kappa shape index (κ2) is 5.75. The van der Waals surface area contributed by atoms with Crippen LogP contribution < -0.4 is 9.50 Å². The minimum absolute atomic E-state index is 0.199. The molecule has 2 rings (SSSR count). The summed E-state index contributed by atoms with van der Waals surface area (Å²) >= 11 is 0. The third kappa shape index (κ3) is 4.10. The van der Waals surface area contributed by atoms with Gasteiger partial charge in [-0.05, 0) is 36.4 Å². The number of anilines is 1. The Balaban J connectivity index is 2.06. The average molecular weight is 291 g/mol. The fraction of sp³-hybridized carbons (Fsp3) is 0.0714. The summed E-state index contributed by atoms with van der Waals surface area (Å²) in [6, 6.07) is 14.9. The van der Waals surface area contributed by atoms with Crippen LogP contribution in [0.2, 0.25) is 0 Å². The third-order valence-corrected chi connectivity index (χ3v) is 2.89. The van der Waals surface area contributed by atoms with Crippen molar-refractivity contribution in [3.63, 3.8) is 0 Å². The van der Waals surface area contributed by atoms with Gasteiger partial charge in [0, 0.05) is 11.3 Å². The number of nitrogens with one attached hydrogen (secondary N) is 1. The van der Waals surface area contributed by atoms with Gasteiger partial charge in [-0.1, -0.05) is 18.2 Å². The van der Waals surface area contributed by atoms with Crippen molar-refractivity contribution in [1.82, 2.24) is 0 Å². The highest BCUT2D eigenvalue weighted by atomic mass is 32.2. The first-order chi connectivity index (χ1) is 9.44. The zero-order chi connectivity index (χ0) is 14.6. The van der Waals surface area contributed by atoms with Crippen LogP contribution in [0.4, 0.5) is 5.69 Å². The number of carbonyl (C=O) groups excluding carboxylic acids is 1. The van der Waals surface area contributed by atoms with Gasteiger partial charge in [0.05, 0.1) is 6.26 Å². The van der Waals surface area contributed by atoms with E-state index in [1.807, 2.05) is 6.07 Å². The standard InChI is InChI=1S/C14H13NO4S/c1-20(17,18)19-13-9-7-12(8-10-13)15-14(16)11-5-3-2-4-6-11/h2-10H,1H3,(H,15,16). The van der Waals surface area contributed by atoms with E-state index in [0.29, 0.717) is 11.3 Å². The quantitative estimate of drug-likeness (QED) is 0.877. The highest BCUT2D eigenvalue weighted by Gasteiger charge is 2.07. The van der Waals surface area contributed by atoms with E-state index in [1.165, 1.54) is 12.1 Å². The van der Waals surface area contributed by atoms with Crippen molar-refractivity contribution in [1.29, 1.82) is 0 Å². The molecule has 1 N–H and O–H groups in total. The Morgan fingerprint density at radius 2 is 1.60 bits per heavy atom. The molecule has 0 aromatic heterocycles. The van der Waals surface area contributed by atoms with Crippen LogP contribution in [0, 0.1) is 0 Å². The maximum absolute atomic E-state index is 11.9. The summed E-state index contributed by atoms with van der Waals surface area (Å²) in [4.78, 5) is 11.9. The molecule has 2 aromatic rings. The molecule has 0 spiro atoms. The lowest BCUT2D eigenvalue weighted by Gasteiger charge is -2.06. The summed E-state index contributed by atoms with van der Waals surface area (Å²) in [6.45, 7) is 0. The van der Waals surface area contributed by atoms with Gasteiger partial charge in [-0.3, -0.25) is 4.79 Å². The van der Waals surface area contributed by atoms with E-state index in [4.69, 9.17) is 4.18 Å². The molecule has 0 fully saturated rings. The van der Waals surface area contributed by atoms with Gasteiger partial charge in [0.1, 0.15) is 5.75 Å². The third-order valence-electron chi connectivity index (χ3n) is 2.40. The van der Waals surface area contributed by atoms with Gasteiger partial charge in [-0.2, -0.15) is 8.42 Å². The van der Waals surface area contributed by atoms with Crippen LogP contribution in [0.5, 0.6) is 5.75 Å². The molecular weight excluding hydrogens is 278 g/mol. The lowest BCUT2D eigenvalue weighted by atomic mass is 10.2. The zero-order valence-electron chi connectivity index (χ0n) is 10.7. The number of hydrogen-bond acceptors (Lipinski definition) is 4. The maximum atomic E-state index is 11.9. The predicted molar refractivity (Wildman–Crippen MR) is 76.3 cm³/mol. The summed E-state index contributed by atoms with van der Waals surface area (Å²) < 4.78 is 26.6. The molecule has 0 saturated heterocycles. The molecule has 0 heterocycles. The van der Waals surface area contributed by atoms with Crippen molar-refractivity contribution >= 4 is 21.7 Å². The molecular formula is C14H13NO4S. The van der Waals surface area contributed by atoms with E-state index in [1.54, 1.807) is 36.4 Å². The van der Waals surface area contributed by atoms with E-state index >= 15 is 0 Å². The predicted octanol–water partition coefficient (Wildman–Crippen LogP) is 2.28. The summed E-state index contributed by atoms with van der Waals surface area (Å²) in [6.07, 6.45) is 0.970. The molecule has 0 aliphatic heterocycles. The van der Waals surface area contributed by atoms with Crippen molar-refractivity contribution in [2.45, 2.75) is 0 Å². The van der Waals surface area contributed by atoms with E-state index in [-0.39, 0.29) is 11.7 Å². The summed E-state index contributed by atoms with van der Waals surface area (Å²) in [5.41, 5.74) is 1.10. The van der Waals surface area contributed by atoms with Crippen molar-refractivity contribution in [2.75, 3.05) is 11.6 Å². The number of rotatable bonds is 4. The van der Waals surface area contributed by atoms with Crippen LogP contribution in [-0.4, -0.2) is 20.6 Å². The Labute approximate surface area is 117 Å². The van der Waals surface area contributed by atoms with Gasteiger partial charge >= 0.3 is 10.1 Å². The number of amides is 1. The molecule has 104 valence electrons. The van der Waals surface area contributed by atoms with Crippen molar-refractivity contribution in [3.8, 4) is 5.75 Å². The molecule has 1 amide bonds. The Kier molecular flexibility index (Phi) is 4.05. The van der Waals surface area contributed by atoms with Gasteiger partial charge in [-0.25, -0.2) is 0 Å². The van der Waals surface area contributed by atoms with Crippen LogP contribution in [-0.2, 0) is 10.1 Å². The zero-order valence-corrected chi connectivity index (χ0v) is 11.6. The Morgan fingerprint density at radius 3 is 2.15 bits per heavy atom. The SMILES string of the molecule is CS(=O)(=O)Oc1ccc(NC(=O)c2ccccc2)cc1. The molecule has 0 bridgehead atoms. The Morgan fingerprint density at radius 1 is 1.00 bits per heavy atom. The second-order valence-electron chi connectivity index (χ2n) is 4.13. The van der Waals surface area contributed by atoms with Crippen molar-refractivity contribution in [2.24, 2.45) is 0 Å². The fourth-order valence-electron chi connectivity index (χ4n) is 1.56. The van der Waals surface area contributed by atoms with Crippen molar-refractivity contribution < 1.29 is 17.4 Å². The largest absolute Gasteiger partial charge is 0.383 e. The number of carbonyl (C=O) groups is 1. The smallest absolute Gasteiger partial charge is 0.306 e. The number of benzene rings is 2. The van der Waals surface area contributed by atoms with Gasteiger partial charge in [0.25, 0.3) is 5.91 Å². The molecule has 2 aromatic carbocycles. The Hall–Kier alpha value is -2.34. The van der Waals surface area contributed by atoms with Crippen LogP contribution in [0.15, 0.2) is 54.6 Å². The first-order valence-electron chi connectivity index (χ1n) is 5.80. The summed E-state index contributed by atoms with van der Waals surface area (Å²) in [5.74, 6) is -0.0346. The van der Waals surface area contributed by atoms with E-state index in [2.05, 4.69) is 5.32 Å². The van der Waals surface area contributed by atoms with Crippen LogP contribution in [0.25, 0.3) is 0 Å². The average Bonchev–Trinajstić information content (AvgIpc) is 2.40. The van der Waals surface area contributed by atoms with E-state index in [0.717, 1.165) is 6.26 Å². The first kappa shape index (κ1) is 14.1. The maximum Gasteiger partial charge on any atom is 0.306 e. The summed E-state index contributed by atoms with van der Waals surface area (Å²) in [7, 11) is -3.54. The molecule has 0 unspecified atom stereocenters. The molecule has 0 aliphatic rings. The normalized spacial score (nSPS) is 10.8. The molecule has 0 radical (unpaired) electrons. The lowest BCUT2D eigenvalue weighted by molar-refractivity contribution is 0.102. The molecule has 5 nitrogen and oxygen atoms in total. The van der Waals surface area contributed by atoms with E-state index in [9.17, 15) is 13.2 Å². The van der Waals surface area contributed by atoms with Gasteiger partial charge in [-0.15, -0.1) is 0 Å². The first-order valence-corrected chi connectivity index (χ1v) is 7.62. The Bertz CT molecular complexity index is 694. The monoisotopic (exact) mass is 291 g/mol. The molecule has 0 aliphatic carbocycles. The van der Waals surface area contributed by atoms with Crippen LogP contribution in [0.3, 0.4) is 0 Å². The molecule has 0 saturated carbocycles. The van der Waals surface area contributed by atoms with E-state index < -0.39 is 10.1 Å². The molecule has 0 atom stereocenters. The van der Waals surface area contributed by atoms with Crippen LogP contribution in [0.1, 0.15) is 10.4 Å².